The Labute approximate surface area is 147 Å². The molecule has 2 aliphatic heterocycles. The van der Waals surface area contributed by atoms with Crippen molar-refractivity contribution in [2.75, 3.05) is 24.5 Å². The third-order valence-electron chi connectivity index (χ3n) is 5.37. The molecule has 0 spiro atoms. The van der Waals surface area contributed by atoms with Crippen LogP contribution in [0.15, 0.2) is 30.6 Å². The van der Waals surface area contributed by atoms with Crippen molar-refractivity contribution in [1.29, 1.82) is 0 Å². The first-order chi connectivity index (χ1) is 12.2. The number of amides is 2. The van der Waals surface area contributed by atoms with Crippen LogP contribution in [0.25, 0.3) is 10.8 Å². The number of nitrogens with two attached hydrogens (primary N) is 1. The number of hydrogen-bond acceptors (Lipinski definition) is 4. The molecule has 6 heteroatoms. The molecule has 1 aromatic carbocycles. The third-order valence-corrected chi connectivity index (χ3v) is 5.37. The van der Waals surface area contributed by atoms with Gasteiger partial charge in [0.15, 0.2) is 0 Å². The minimum absolute atomic E-state index is 0.178. The van der Waals surface area contributed by atoms with E-state index in [4.69, 9.17) is 5.73 Å². The van der Waals surface area contributed by atoms with Crippen LogP contribution in [-0.2, 0) is 9.59 Å². The standard InChI is InChI=1S/C19H24N4O2/c20-8-2-3-13-9-22(10-13)16-5-1-4-14-11-23(12-15(14)16)17-6-7-18(24)21-19(17)25/h1,4-5,11-13,17H,2-3,6-10,20H2,(H,21,24,25). The Kier molecular flexibility index (Phi) is 4.21. The molecule has 4 rings (SSSR count). The maximum atomic E-state index is 12.1. The third kappa shape index (κ3) is 3.02. The summed E-state index contributed by atoms with van der Waals surface area (Å²) in [5, 5.41) is 4.74. The van der Waals surface area contributed by atoms with E-state index in [1.54, 1.807) is 0 Å². The Morgan fingerprint density at radius 3 is 2.80 bits per heavy atom. The van der Waals surface area contributed by atoms with Crippen LogP contribution >= 0.6 is 0 Å². The molecule has 6 nitrogen and oxygen atoms in total. The number of imide groups is 1. The summed E-state index contributed by atoms with van der Waals surface area (Å²) >= 11 is 0. The van der Waals surface area contributed by atoms with Crippen LogP contribution in [0, 0.1) is 5.92 Å². The summed E-state index contributed by atoms with van der Waals surface area (Å²) in [6, 6.07) is 6.00. The molecule has 0 aliphatic carbocycles. The quantitative estimate of drug-likeness (QED) is 0.813. The fourth-order valence-corrected chi connectivity index (χ4v) is 3.95. The van der Waals surface area contributed by atoms with Crippen LogP contribution in [0.1, 0.15) is 31.7 Å². The predicted octanol–water partition coefficient (Wildman–Crippen LogP) is 1.79. The molecule has 1 atom stereocenters. The van der Waals surface area contributed by atoms with Gasteiger partial charge in [-0.05, 0) is 37.8 Å². The second kappa shape index (κ2) is 6.52. The van der Waals surface area contributed by atoms with Gasteiger partial charge in [-0.2, -0.15) is 0 Å². The Balaban J connectivity index is 1.55. The fourth-order valence-electron chi connectivity index (χ4n) is 3.95. The van der Waals surface area contributed by atoms with E-state index in [0.29, 0.717) is 12.8 Å². The molecule has 2 amide bonds. The van der Waals surface area contributed by atoms with Gasteiger partial charge >= 0.3 is 0 Å². The van der Waals surface area contributed by atoms with Gasteiger partial charge in [0.1, 0.15) is 6.04 Å². The van der Waals surface area contributed by atoms with E-state index in [1.807, 2.05) is 10.8 Å². The van der Waals surface area contributed by atoms with E-state index in [2.05, 4.69) is 34.6 Å². The van der Waals surface area contributed by atoms with Crippen LogP contribution in [0.4, 0.5) is 5.69 Å². The molecule has 2 aromatic rings. The number of fused-ring (bicyclic) bond motifs is 1. The van der Waals surface area contributed by atoms with Crippen molar-refractivity contribution < 1.29 is 9.59 Å². The molecule has 0 bridgehead atoms. The molecule has 0 saturated carbocycles. The second-order valence-corrected chi connectivity index (χ2v) is 7.15. The first kappa shape index (κ1) is 16.1. The summed E-state index contributed by atoms with van der Waals surface area (Å²) in [5.41, 5.74) is 6.83. The van der Waals surface area contributed by atoms with Gasteiger partial charge in [0.05, 0.1) is 0 Å². The average molecular weight is 340 g/mol. The molecular formula is C19H24N4O2. The summed E-state index contributed by atoms with van der Waals surface area (Å²) in [6.45, 7) is 2.91. The molecule has 132 valence electrons. The van der Waals surface area contributed by atoms with Gasteiger partial charge in [-0.1, -0.05) is 12.1 Å². The highest BCUT2D eigenvalue weighted by molar-refractivity contribution is 6.00. The Morgan fingerprint density at radius 2 is 2.04 bits per heavy atom. The number of benzene rings is 1. The number of nitrogens with zero attached hydrogens (tertiary/aromatic N) is 2. The minimum Gasteiger partial charge on any atom is -0.370 e. The number of carbonyl (C=O) groups is 2. The van der Waals surface area contributed by atoms with Crippen molar-refractivity contribution in [3.8, 4) is 0 Å². The van der Waals surface area contributed by atoms with E-state index in [0.717, 1.165) is 37.4 Å². The van der Waals surface area contributed by atoms with Crippen LogP contribution < -0.4 is 16.0 Å². The highest BCUT2D eigenvalue weighted by Gasteiger charge is 2.30. The molecule has 3 heterocycles. The molecule has 3 N–H and O–H groups in total. The SMILES string of the molecule is NCCCC1CN(c2cccc3cn(C4CCC(=O)NC4=O)cc23)C1. The fraction of sp³-hybridized carbons (Fsp3) is 0.474. The van der Waals surface area contributed by atoms with Crippen molar-refractivity contribution in [3.63, 3.8) is 0 Å². The molecule has 2 saturated heterocycles. The summed E-state index contributed by atoms with van der Waals surface area (Å²) < 4.78 is 1.96. The van der Waals surface area contributed by atoms with Gasteiger partial charge < -0.3 is 15.2 Å². The lowest BCUT2D eigenvalue weighted by Crippen LogP contribution is -2.46. The zero-order valence-electron chi connectivity index (χ0n) is 14.3. The Morgan fingerprint density at radius 1 is 1.20 bits per heavy atom. The average Bonchev–Trinajstić information content (AvgIpc) is 2.98. The van der Waals surface area contributed by atoms with Crippen molar-refractivity contribution in [2.24, 2.45) is 11.7 Å². The van der Waals surface area contributed by atoms with Gasteiger partial charge in [-0.15, -0.1) is 0 Å². The normalized spacial score (nSPS) is 21.5. The number of hydrogen-bond donors (Lipinski definition) is 2. The number of carbonyl (C=O) groups excluding carboxylic acids is 2. The van der Waals surface area contributed by atoms with Crippen molar-refractivity contribution in [2.45, 2.75) is 31.7 Å². The van der Waals surface area contributed by atoms with E-state index in [1.165, 1.54) is 17.5 Å². The lowest BCUT2D eigenvalue weighted by atomic mass is 9.93. The summed E-state index contributed by atoms with van der Waals surface area (Å²) in [5.74, 6) is 0.350. The topological polar surface area (TPSA) is 80.4 Å². The van der Waals surface area contributed by atoms with Crippen LogP contribution in [0.3, 0.4) is 0 Å². The van der Waals surface area contributed by atoms with Gasteiger partial charge in [-0.25, -0.2) is 0 Å². The molecular weight excluding hydrogens is 316 g/mol. The molecule has 1 aromatic heterocycles. The van der Waals surface area contributed by atoms with Crippen LogP contribution in [0.2, 0.25) is 0 Å². The zero-order valence-corrected chi connectivity index (χ0v) is 14.3. The number of aromatic nitrogens is 1. The van der Waals surface area contributed by atoms with Crippen LogP contribution in [0.5, 0.6) is 0 Å². The maximum Gasteiger partial charge on any atom is 0.249 e. The van der Waals surface area contributed by atoms with Crippen LogP contribution in [-0.4, -0.2) is 36.0 Å². The Bertz CT molecular complexity index is 807. The lowest BCUT2D eigenvalue weighted by Gasteiger charge is -2.41. The predicted molar refractivity (Wildman–Crippen MR) is 97.4 cm³/mol. The first-order valence-corrected chi connectivity index (χ1v) is 9.04. The van der Waals surface area contributed by atoms with Crippen molar-refractivity contribution in [1.82, 2.24) is 9.88 Å². The van der Waals surface area contributed by atoms with Gasteiger partial charge in [0, 0.05) is 48.4 Å². The number of anilines is 1. The van der Waals surface area contributed by atoms with E-state index >= 15 is 0 Å². The summed E-state index contributed by atoms with van der Waals surface area (Å²) in [7, 11) is 0. The highest BCUT2D eigenvalue weighted by Crippen LogP contribution is 2.35. The van der Waals surface area contributed by atoms with E-state index < -0.39 is 0 Å². The summed E-state index contributed by atoms with van der Waals surface area (Å²) in [4.78, 5) is 25.9. The van der Waals surface area contributed by atoms with Crippen molar-refractivity contribution >= 4 is 28.3 Å². The second-order valence-electron chi connectivity index (χ2n) is 7.15. The van der Waals surface area contributed by atoms with Gasteiger partial charge in [-0.3, -0.25) is 14.9 Å². The molecule has 25 heavy (non-hydrogen) atoms. The lowest BCUT2D eigenvalue weighted by molar-refractivity contribution is -0.135. The van der Waals surface area contributed by atoms with Gasteiger partial charge in [0.25, 0.3) is 0 Å². The summed E-state index contributed by atoms with van der Waals surface area (Å²) in [6.07, 6.45) is 7.32. The zero-order chi connectivity index (χ0) is 17.4. The monoisotopic (exact) mass is 340 g/mol. The molecule has 2 fully saturated rings. The smallest absolute Gasteiger partial charge is 0.249 e. The first-order valence-electron chi connectivity index (χ1n) is 9.04. The van der Waals surface area contributed by atoms with Crippen molar-refractivity contribution in [3.05, 3.63) is 30.6 Å². The molecule has 0 radical (unpaired) electrons. The maximum absolute atomic E-state index is 12.1. The largest absolute Gasteiger partial charge is 0.370 e. The number of rotatable bonds is 5. The van der Waals surface area contributed by atoms with Gasteiger partial charge in [0.2, 0.25) is 11.8 Å². The molecule has 2 aliphatic rings. The molecule has 1 unspecified atom stereocenters. The number of nitrogens with one attached hydrogen (secondary N) is 1. The highest BCUT2D eigenvalue weighted by atomic mass is 16.2. The van der Waals surface area contributed by atoms with E-state index in [9.17, 15) is 9.59 Å². The number of piperidine rings is 1. The minimum atomic E-state index is -0.299. The Hall–Kier alpha value is -2.34. The van der Waals surface area contributed by atoms with E-state index in [-0.39, 0.29) is 17.9 Å².